The Morgan fingerprint density at radius 1 is 1.27 bits per heavy atom. The third kappa shape index (κ3) is 2.77. The van der Waals surface area contributed by atoms with Crippen LogP contribution in [0, 0.1) is 6.92 Å². The van der Waals surface area contributed by atoms with Crippen molar-refractivity contribution in [3.05, 3.63) is 35.4 Å². The summed E-state index contributed by atoms with van der Waals surface area (Å²) < 4.78 is 26.9. The Morgan fingerprint density at radius 3 is 2.40 bits per heavy atom. The standard InChI is InChI=1S/C10H14N2O2S/c1-9-2-4-10(5-3-9)8-11-15(13,14)12-6-7-12/h2-5,11H,6-8H2,1H3. The van der Waals surface area contributed by atoms with E-state index in [1.807, 2.05) is 31.2 Å². The number of benzene rings is 1. The molecule has 15 heavy (non-hydrogen) atoms. The molecule has 1 saturated heterocycles. The van der Waals surface area contributed by atoms with Crippen LogP contribution in [-0.2, 0) is 16.8 Å². The highest BCUT2D eigenvalue weighted by Gasteiger charge is 2.31. The van der Waals surface area contributed by atoms with E-state index in [0.717, 1.165) is 5.56 Å². The van der Waals surface area contributed by atoms with E-state index in [9.17, 15) is 8.42 Å². The number of hydrogen-bond acceptors (Lipinski definition) is 2. The second kappa shape index (κ2) is 3.92. The number of hydrogen-bond donors (Lipinski definition) is 1. The van der Waals surface area contributed by atoms with E-state index in [0.29, 0.717) is 19.6 Å². The smallest absolute Gasteiger partial charge is 0.198 e. The number of aryl methyl sites for hydroxylation is 1. The predicted octanol–water partition coefficient (Wildman–Crippen LogP) is 0.645. The Bertz CT molecular complexity index is 435. The molecule has 0 radical (unpaired) electrons. The topological polar surface area (TPSA) is 49.2 Å². The van der Waals surface area contributed by atoms with Crippen molar-refractivity contribution in [1.29, 1.82) is 0 Å². The first kappa shape index (κ1) is 10.6. The van der Waals surface area contributed by atoms with Gasteiger partial charge in [0, 0.05) is 19.6 Å². The molecule has 1 fully saturated rings. The summed E-state index contributed by atoms with van der Waals surface area (Å²) in [5.41, 5.74) is 2.15. The molecule has 1 aliphatic rings. The minimum absolute atomic E-state index is 0.360. The first-order chi connectivity index (χ1) is 7.08. The van der Waals surface area contributed by atoms with Crippen LogP contribution in [0.1, 0.15) is 11.1 Å². The maximum Gasteiger partial charge on any atom is 0.279 e. The van der Waals surface area contributed by atoms with Crippen molar-refractivity contribution in [3.8, 4) is 0 Å². The molecule has 2 rings (SSSR count). The fourth-order valence-corrected chi connectivity index (χ4v) is 2.35. The molecule has 0 aromatic heterocycles. The van der Waals surface area contributed by atoms with Gasteiger partial charge in [-0.3, -0.25) is 0 Å². The molecule has 82 valence electrons. The van der Waals surface area contributed by atoms with E-state index < -0.39 is 10.2 Å². The molecule has 0 spiro atoms. The molecule has 1 heterocycles. The highest BCUT2D eigenvalue weighted by atomic mass is 32.2. The predicted molar refractivity (Wildman–Crippen MR) is 58.5 cm³/mol. The molecule has 1 aromatic rings. The molecule has 0 aliphatic carbocycles. The third-order valence-corrected chi connectivity index (χ3v) is 3.88. The van der Waals surface area contributed by atoms with Crippen LogP contribution in [0.15, 0.2) is 24.3 Å². The molecule has 5 heteroatoms. The van der Waals surface area contributed by atoms with Gasteiger partial charge in [-0.15, -0.1) is 0 Å². The van der Waals surface area contributed by atoms with E-state index in [4.69, 9.17) is 0 Å². The summed E-state index contributed by atoms with van der Waals surface area (Å²) in [5, 5.41) is 0. The van der Waals surface area contributed by atoms with Gasteiger partial charge in [0.2, 0.25) is 0 Å². The van der Waals surface area contributed by atoms with Crippen LogP contribution in [0.5, 0.6) is 0 Å². The van der Waals surface area contributed by atoms with Gasteiger partial charge in [0.25, 0.3) is 10.2 Å². The largest absolute Gasteiger partial charge is 0.279 e. The zero-order chi connectivity index (χ0) is 10.9. The summed E-state index contributed by atoms with van der Waals surface area (Å²) in [5.74, 6) is 0. The van der Waals surface area contributed by atoms with Gasteiger partial charge in [0.05, 0.1) is 0 Å². The zero-order valence-electron chi connectivity index (χ0n) is 8.60. The molecule has 1 aromatic carbocycles. The van der Waals surface area contributed by atoms with Gasteiger partial charge in [-0.2, -0.15) is 17.4 Å². The molecule has 0 atom stereocenters. The van der Waals surface area contributed by atoms with Crippen molar-refractivity contribution in [2.45, 2.75) is 13.5 Å². The molecular weight excluding hydrogens is 212 g/mol. The molecule has 1 N–H and O–H groups in total. The van der Waals surface area contributed by atoms with Crippen LogP contribution in [0.4, 0.5) is 0 Å². The minimum Gasteiger partial charge on any atom is -0.198 e. The maximum atomic E-state index is 11.4. The van der Waals surface area contributed by atoms with Crippen LogP contribution >= 0.6 is 0 Å². The fraction of sp³-hybridized carbons (Fsp3) is 0.400. The third-order valence-electron chi connectivity index (χ3n) is 2.33. The summed E-state index contributed by atoms with van der Waals surface area (Å²) >= 11 is 0. The van der Waals surface area contributed by atoms with Crippen molar-refractivity contribution in [1.82, 2.24) is 9.03 Å². The minimum atomic E-state index is -3.21. The quantitative estimate of drug-likeness (QED) is 0.766. The first-order valence-corrected chi connectivity index (χ1v) is 6.32. The normalized spacial score (nSPS) is 16.6. The van der Waals surface area contributed by atoms with E-state index >= 15 is 0 Å². The Balaban J connectivity index is 1.95. The van der Waals surface area contributed by atoms with Crippen LogP contribution in [0.25, 0.3) is 0 Å². The second-order valence-electron chi connectivity index (χ2n) is 3.71. The summed E-state index contributed by atoms with van der Waals surface area (Å²) in [4.78, 5) is 0. The van der Waals surface area contributed by atoms with Crippen molar-refractivity contribution < 1.29 is 8.42 Å². The molecule has 4 nitrogen and oxygen atoms in total. The molecule has 0 amide bonds. The average molecular weight is 226 g/mol. The van der Waals surface area contributed by atoms with Crippen molar-refractivity contribution in [3.63, 3.8) is 0 Å². The summed E-state index contributed by atoms with van der Waals surface area (Å²) in [6, 6.07) is 7.81. The number of rotatable bonds is 4. The SMILES string of the molecule is Cc1ccc(CNS(=O)(=O)N2CC2)cc1. The molecule has 0 bridgehead atoms. The molecular formula is C10H14N2O2S. The van der Waals surface area contributed by atoms with Crippen molar-refractivity contribution in [2.24, 2.45) is 0 Å². The van der Waals surface area contributed by atoms with E-state index in [1.165, 1.54) is 9.87 Å². The summed E-state index contributed by atoms with van der Waals surface area (Å²) in [6.45, 7) is 3.65. The number of nitrogens with one attached hydrogen (secondary N) is 1. The van der Waals surface area contributed by atoms with E-state index in [-0.39, 0.29) is 0 Å². The van der Waals surface area contributed by atoms with Gasteiger partial charge in [0.15, 0.2) is 0 Å². The zero-order valence-corrected chi connectivity index (χ0v) is 9.42. The second-order valence-corrected chi connectivity index (χ2v) is 5.47. The molecule has 1 aliphatic heterocycles. The lowest BCUT2D eigenvalue weighted by Gasteiger charge is -2.06. The van der Waals surface area contributed by atoms with Crippen LogP contribution < -0.4 is 4.72 Å². The highest BCUT2D eigenvalue weighted by molar-refractivity contribution is 7.87. The molecule has 0 saturated carbocycles. The van der Waals surface area contributed by atoms with Gasteiger partial charge in [-0.25, -0.2) is 0 Å². The van der Waals surface area contributed by atoms with E-state index in [2.05, 4.69) is 4.72 Å². The first-order valence-electron chi connectivity index (χ1n) is 4.88. The monoisotopic (exact) mass is 226 g/mol. The Morgan fingerprint density at radius 2 is 1.87 bits per heavy atom. The lowest BCUT2D eigenvalue weighted by atomic mass is 10.2. The van der Waals surface area contributed by atoms with Gasteiger partial charge >= 0.3 is 0 Å². The van der Waals surface area contributed by atoms with Crippen LogP contribution in [0.3, 0.4) is 0 Å². The van der Waals surface area contributed by atoms with Crippen molar-refractivity contribution in [2.75, 3.05) is 13.1 Å². The fourth-order valence-electron chi connectivity index (χ4n) is 1.25. The van der Waals surface area contributed by atoms with Crippen LogP contribution in [-0.4, -0.2) is 25.8 Å². The van der Waals surface area contributed by atoms with Gasteiger partial charge in [-0.05, 0) is 12.5 Å². The molecule has 0 unspecified atom stereocenters. The lowest BCUT2D eigenvalue weighted by molar-refractivity contribution is 0.547. The van der Waals surface area contributed by atoms with Crippen LogP contribution in [0.2, 0.25) is 0 Å². The van der Waals surface area contributed by atoms with Crippen molar-refractivity contribution >= 4 is 10.2 Å². The Hall–Kier alpha value is -0.910. The summed E-state index contributed by atoms with van der Waals surface area (Å²) in [6.07, 6.45) is 0. The maximum absolute atomic E-state index is 11.4. The Kier molecular flexibility index (Phi) is 2.77. The van der Waals surface area contributed by atoms with Gasteiger partial charge < -0.3 is 0 Å². The van der Waals surface area contributed by atoms with E-state index in [1.54, 1.807) is 0 Å². The number of nitrogens with zero attached hydrogens (tertiary/aromatic N) is 1. The lowest BCUT2D eigenvalue weighted by Crippen LogP contribution is -2.29. The average Bonchev–Trinajstić information content (AvgIpc) is 3.00. The summed E-state index contributed by atoms with van der Waals surface area (Å²) in [7, 11) is -3.21. The Labute approximate surface area is 90.1 Å². The highest BCUT2D eigenvalue weighted by Crippen LogP contribution is 2.10. The van der Waals surface area contributed by atoms with Gasteiger partial charge in [-0.1, -0.05) is 29.8 Å². The van der Waals surface area contributed by atoms with Gasteiger partial charge in [0.1, 0.15) is 0 Å².